The van der Waals surface area contributed by atoms with E-state index >= 15 is 0 Å². The molecule has 1 rings (SSSR count). The number of nitrogens with one attached hydrogen (secondary N) is 1. The van der Waals surface area contributed by atoms with Crippen molar-refractivity contribution in [2.24, 2.45) is 0 Å². The lowest BCUT2D eigenvalue weighted by Gasteiger charge is -2.40. The second-order valence-electron chi connectivity index (χ2n) is 15.5. The van der Waals surface area contributed by atoms with Gasteiger partial charge >= 0.3 is 0 Å². The molecule has 7 N–H and O–H groups in total. The quantitative estimate of drug-likeness (QED) is 0.0263. The van der Waals surface area contributed by atoms with Crippen LogP contribution in [0.4, 0.5) is 0 Å². The van der Waals surface area contributed by atoms with Crippen LogP contribution < -0.4 is 5.32 Å². The van der Waals surface area contributed by atoms with E-state index in [-0.39, 0.29) is 6.61 Å². The lowest BCUT2D eigenvalue weighted by molar-refractivity contribution is -0.302. The van der Waals surface area contributed by atoms with Crippen LogP contribution in [0.15, 0.2) is 23.8 Å². The number of rotatable bonds is 34. The average molecular weight is 756 g/mol. The molecule has 8 unspecified atom stereocenters. The van der Waals surface area contributed by atoms with Crippen LogP contribution >= 0.6 is 0 Å². The van der Waals surface area contributed by atoms with Gasteiger partial charge in [-0.15, -0.1) is 0 Å². The molecule has 0 aromatic rings. The molecule has 0 bridgehead atoms. The SMILES string of the molecule is CCCCCCCCCCCCCC(O)C(=O)NC(COC1OC(CO)C(O)C(O)C1O)C(O)C=CCCC=C(C)CCCCCCCCCCCC. The van der Waals surface area contributed by atoms with E-state index in [0.717, 1.165) is 32.1 Å². The Labute approximate surface area is 322 Å². The third-order valence-corrected chi connectivity index (χ3v) is 10.5. The molecule has 1 saturated heterocycles. The second kappa shape index (κ2) is 32.8. The van der Waals surface area contributed by atoms with Gasteiger partial charge in [-0.05, 0) is 39.0 Å². The molecule has 0 saturated carbocycles. The Bertz CT molecular complexity index is 929. The van der Waals surface area contributed by atoms with E-state index in [1.165, 1.54) is 115 Å². The monoisotopic (exact) mass is 756 g/mol. The summed E-state index contributed by atoms with van der Waals surface area (Å²) in [4.78, 5) is 13.0. The summed E-state index contributed by atoms with van der Waals surface area (Å²) < 4.78 is 11.1. The molecule has 0 aromatic heterocycles. The highest BCUT2D eigenvalue weighted by Gasteiger charge is 2.44. The summed E-state index contributed by atoms with van der Waals surface area (Å²) >= 11 is 0. The van der Waals surface area contributed by atoms with Crippen molar-refractivity contribution < 1.29 is 44.9 Å². The molecule has 1 aliphatic heterocycles. The number of hydrogen-bond acceptors (Lipinski definition) is 9. The van der Waals surface area contributed by atoms with Crippen LogP contribution in [-0.2, 0) is 14.3 Å². The first-order valence-electron chi connectivity index (χ1n) is 21.6. The van der Waals surface area contributed by atoms with E-state index in [1.807, 2.05) is 6.08 Å². The normalized spacial score (nSPS) is 22.7. The minimum atomic E-state index is -1.61. The number of allylic oxidation sites excluding steroid dienone is 3. The van der Waals surface area contributed by atoms with Crippen molar-refractivity contribution >= 4 is 5.91 Å². The van der Waals surface area contributed by atoms with Gasteiger partial charge in [0.2, 0.25) is 5.91 Å². The smallest absolute Gasteiger partial charge is 0.249 e. The molecule has 0 radical (unpaired) electrons. The third kappa shape index (κ3) is 24.0. The maximum atomic E-state index is 13.0. The van der Waals surface area contributed by atoms with Crippen LogP contribution in [0.2, 0.25) is 0 Å². The van der Waals surface area contributed by atoms with Gasteiger partial charge < -0.3 is 45.4 Å². The first-order chi connectivity index (χ1) is 25.7. The van der Waals surface area contributed by atoms with Crippen molar-refractivity contribution in [1.29, 1.82) is 0 Å². The Balaban J connectivity index is 2.56. The van der Waals surface area contributed by atoms with Gasteiger partial charge in [-0.25, -0.2) is 0 Å². The number of carbonyl (C=O) groups is 1. The maximum Gasteiger partial charge on any atom is 0.249 e. The van der Waals surface area contributed by atoms with Crippen LogP contribution in [0, 0.1) is 0 Å². The number of carbonyl (C=O) groups excluding carboxylic acids is 1. The van der Waals surface area contributed by atoms with Crippen LogP contribution in [0.25, 0.3) is 0 Å². The highest BCUT2D eigenvalue weighted by atomic mass is 16.7. The van der Waals surface area contributed by atoms with Gasteiger partial charge in [0, 0.05) is 0 Å². The summed E-state index contributed by atoms with van der Waals surface area (Å²) in [5, 5.41) is 64.5. The highest BCUT2D eigenvalue weighted by Crippen LogP contribution is 2.23. The third-order valence-electron chi connectivity index (χ3n) is 10.5. The predicted molar refractivity (Wildman–Crippen MR) is 213 cm³/mol. The van der Waals surface area contributed by atoms with Crippen molar-refractivity contribution in [1.82, 2.24) is 5.32 Å². The van der Waals surface area contributed by atoms with Crippen LogP contribution in [0.3, 0.4) is 0 Å². The predicted octanol–water partition coefficient (Wildman–Crippen LogP) is 7.30. The van der Waals surface area contributed by atoms with Crippen LogP contribution in [0.5, 0.6) is 0 Å². The van der Waals surface area contributed by atoms with Crippen molar-refractivity contribution in [3.8, 4) is 0 Å². The van der Waals surface area contributed by atoms with Crippen LogP contribution in [-0.4, -0.2) is 98.7 Å². The number of aliphatic hydroxyl groups excluding tert-OH is 6. The maximum absolute atomic E-state index is 13.0. The molecule has 1 amide bonds. The summed E-state index contributed by atoms with van der Waals surface area (Å²) in [5.74, 6) is -0.627. The summed E-state index contributed by atoms with van der Waals surface area (Å²) in [6.07, 6.45) is 24.9. The Morgan fingerprint density at radius 2 is 1.23 bits per heavy atom. The zero-order valence-corrected chi connectivity index (χ0v) is 33.9. The van der Waals surface area contributed by atoms with E-state index in [4.69, 9.17) is 9.47 Å². The fourth-order valence-electron chi connectivity index (χ4n) is 6.83. The number of ether oxygens (including phenoxy) is 2. The molecule has 1 heterocycles. The molecule has 1 aliphatic rings. The summed E-state index contributed by atoms with van der Waals surface area (Å²) in [7, 11) is 0. The average Bonchev–Trinajstić information content (AvgIpc) is 3.15. The molecule has 10 nitrogen and oxygen atoms in total. The standard InChI is InChI=1S/C43H81NO9/c1-4-6-8-10-12-14-16-18-20-22-26-31-37(47)42(51)44-35(33-52-43-41(50)40(49)39(48)38(32-45)53-43)36(46)30-27-23-25-29-34(3)28-24-21-19-17-15-13-11-9-7-5-2/h27,29-30,35-41,43,45-50H,4-26,28,31-33H2,1-3H3,(H,44,51). The van der Waals surface area contributed by atoms with Crippen molar-refractivity contribution in [2.45, 2.75) is 230 Å². The lowest BCUT2D eigenvalue weighted by atomic mass is 9.99. The fraction of sp³-hybridized carbons (Fsp3) is 0.884. The molecule has 0 aromatic carbocycles. The van der Waals surface area contributed by atoms with Gasteiger partial charge in [0.05, 0.1) is 25.4 Å². The second-order valence-corrected chi connectivity index (χ2v) is 15.5. The number of hydrogen-bond donors (Lipinski definition) is 7. The minimum Gasteiger partial charge on any atom is -0.394 e. The van der Waals surface area contributed by atoms with E-state index in [2.05, 4.69) is 32.2 Å². The van der Waals surface area contributed by atoms with E-state index < -0.39 is 61.5 Å². The number of amides is 1. The summed E-state index contributed by atoms with van der Waals surface area (Å²) in [6.45, 7) is 5.72. The molecular formula is C43H81NO9. The van der Waals surface area contributed by atoms with Gasteiger partial charge in [0.25, 0.3) is 0 Å². The summed E-state index contributed by atoms with van der Waals surface area (Å²) in [6, 6.07) is -0.994. The minimum absolute atomic E-state index is 0.305. The van der Waals surface area contributed by atoms with E-state index in [0.29, 0.717) is 19.3 Å². The molecule has 0 spiro atoms. The molecule has 10 heteroatoms. The van der Waals surface area contributed by atoms with E-state index in [1.54, 1.807) is 6.08 Å². The zero-order valence-electron chi connectivity index (χ0n) is 33.9. The number of unbranched alkanes of at least 4 members (excludes halogenated alkanes) is 20. The van der Waals surface area contributed by atoms with Gasteiger partial charge in [0.15, 0.2) is 6.29 Å². The van der Waals surface area contributed by atoms with Crippen molar-refractivity contribution in [3.63, 3.8) is 0 Å². The molecule has 312 valence electrons. The number of aliphatic hydroxyl groups is 6. The Morgan fingerprint density at radius 1 is 0.717 bits per heavy atom. The Kier molecular flexibility index (Phi) is 30.8. The first kappa shape index (κ1) is 49.6. The molecule has 1 fully saturated rings. The lowest BCUT2D eigenvalue weighted by Crippen LogP contribution is -2.60. The first-order valence-corrected chi connectivity index (χ1v) is 21.6. The molecule has 8 atom stereocenters. The van der Waals surface area contributed by atoms with Crippen LogP contribution in [0.1, 0.15) is 181 Å². The highest BCUT2D eigenvalue weighted by molar-refractivity contribution is 5.80. The topological polar surface area (TPSA) is 169 Å². The van der Waals surface area contributed by atoms with Gasteiger partial charge in [0.1, 0.15) is 30.5 Å². The Hall–Kier alpha value is -1.37. The fourth-order valence-corrected chi connectivity index (χ4v) is 6.83. The molecule has 0 aliphatic carbocycles. The largest absolute Gasteiger partial charge is 0.394 e. The van der Waals surface area contributed by atoms with E-state index in [9.17, 15) is 35.4 Å². The van der Waals surface area contributed by atoms with Gasteiger partial charge in [-0.2, -0.15) is 0 Å². The van der Waals surface area contributed by atoms with Gasteiger partial charge in [-0.1, -0.05) is 166 Å². The molecular weight excluding hydrogens is 674 g/mol. The summed E-state index contributed by atoms with van der Waals surface area (Å²) in [5.41, 5.74) is 1.36. The Morgan fingerprint density at radius 3 is 1.75 bits per heavy atom. The zero-order chi connectivity index (χ0) is 39.1. The van der Waals surface area contributed by atoms with Crippen molar-refractivity contribution in [3.05, 3.63) is 23.8 Å². The molecule has 53 heavy (non-hydrogen) atoms. The van der Waals surface area contributed by atoms with Gasteiger partial charge in [-0.3, -0.25) is 4.79 Å². The van der Waals surface area contributed by atoms with Crippen molar-refractivity contribution in [2.75, 3.05) is 13.2 Å².